The van der Waals surface area contributed by atoms with E-state index in [9.17, 15) is 13.2 Å². The first-order valence-electron chi connectivity index (χ1n) is 5.87. The molecule has 0 unspecified atom stereocenters. The lowest BCUT2D eigenvalue weighted by Crippen LogP contribution is -2.01. The van der Waals surface area contributed by atoms with Gasteiger partial charge in [-0.05, 0) is 59.8 Å². The van der Waals surface area contributed by atoms with Gasteiger partial charge in [0.25, 0.3) is 0 Å². The highest BCUT2D eigenvalue weighted by molar-refractivity contribution is 9.10. The van der Waals surface area contributed by atoms with Gasteiger partial charge >= 0.3 is 5.51 Å². The summed E-state index contributed by atoms with van der Waals surface area (Å²) in [4.78, 5) is 0.164. The van der Waals surface area contributed by atoms with Crippen molar-refractivity contribution >= 4 is 45.0 Å². The maximum Gasteiger partial charge on any atom is 0.446 e. The van der Waals surface area contributed by atoms with Gasteiger partial charge in [0.15, 0.2) is 0 Å². The van der Waals surface area contributed by atoms with Gasteiger partial charge in [0.05, 0.1) is 0 Å². The van der Waals surface area contributed by atoms with Crippen molar-refractivity contribution < 1.29 is 13.2 Å². The van der Waals surface area contributed by atoms with E-state index in [2.05, 4.69) is 21.2 Å². The molecule has 0 bridgehead atoms. The molecule has 0 atom stereocenters. The van der Waals surface area contributed by atoms with Crippen molar-refractivity contribution in [1.29, 1.82) is 0 Å². The molecule has 0 saturated heterocycles. The lowest BCUT2D eigenvalue weighted by atomic mass is 10.2. The maximum atomic E-state index is 12.2. The first-order chi connectivity index (χ1) is 9.83. The molecule has 0 heterocycles. The van der Waals surface area contributed by atoms with E-state index < -0.39 is 5.51 Å². The average molecular weight is 397 g/mol. The van der Waals surface area contributed by atoms with Crippen molar-refractivity contribution in [3.8, 4) is 0 Å². The first-order valence-corrected chi connectivity index (χ1v) is 7.86. The predicted molar refractivity (Wildman–Crippen MR) is 84.8 cm³/mol. The van der Waals surface area contributed by atoms with Crippen molar-refractivity contribution in [2.45, 2.75) is 16.9 Å². The number of thioether (sulfide) groups is 1. The van der Waals surface area contributed by atoms with Crippen LogP contribution in [0.15, 0.2) is 51.8 Å². The molecule has 0 aliphatic rings. The minimum absolute atomic E-state index is 0.124. The monoisotopic (exact) mass is 395 g/mol. The Balaban J connectivity index is 1.99. The molecule has 21 heavy (non-hydrogen) atoms. The smallest absolute Gasteiger partial charge is 0.381 e. The summed E-state index contributed by atoms with van der Waals surface area (Å²) in [6.07, 6.45) is 0. The summed E-state index contributed by atoms with van der Waals surface area (Å²) in [7, 11) is 0. The van der Waals surface area contributed by atoms with Crippen molar-refractivity contribution in [3.05, 3.63) is 57.5 Å². The SMILES string of the molecule is FC(F)(F)Sc1ccc(NCc2cc(Cl)ccc2Br)cc1. The lowest BCUT2D eigenvalue weighted by Gasteiger charge is -2.10. The van der Waals surface area contributed by atoms with Crippen LogP contribution in [-0.4, -0.2) is 5.51 Å². The lowest BCUT2D eigenvalue weighted by molar-refractivity contribution is -0.0328. The number of anilines is 1. The van der Waals surface area contributed by atoms with Crippen LogP contribution >= 0.6 is 39.3 Å². The molecule has 112 valence electrons. The summed E-state index contributed by atoms with van der Waals surface area (Å²) in [5, 5.41) is 3.77. The molecule has 0 spiro atoms. The number of nitrogens with one attached hydrogen (secondary N) is 1. The number of hydrogen-bond acceptors (Lipinski definition) is 2. The predicted octanol–water partition coefficient (Wildman–Crippen LogP) is 6.33. The van der Waals surface area contributed by atoms with Crippen molar-refractivity contribution in [2.24, 2.45) is 0 Å². The van der Waals surface area contributed by atoms with Gasteiger partial charge in [-0.15, -0.1) is 0 Å². The molecule has 0 aromatic heterocycles. The Kier molecular flexibility index (Phi) is 5.46. The third kappa shape index (κ3) is 5.45. The Morgan fingerprint density at radius 3 is 2.38 bits per heavy atom. The standard InChI is InChI=1S/C14H10BrClF3NS/c15-13-6-1-10(16)7-9(13)8-20-11-2-4-12(5-3-11)21-14(17,18)19/h1-7,20H,8H2. The number of halogens is 5. The van der Waals surface area contributed by atoms with Crippen molar-refractivity contribution in [3.63, 3.8) is 0 Å². The molecule has 0 aliphatic carbocycles. The number of hydrogen-bond donors (Lipinski definition) is 1. The fourth-order valence-corrected chi connectivity index (χ4v) is 2.77. The number of rotatable bonds is 4. The van der Waals surface area contributed by atoms with E-state index in [0.717, 1.165) is 15.7 Å². The minimum Gasteiger partial charge on any atom is -0.381 e. The second kappa shape index (κ2) is 6.94. The Morgan fingerprint density at radius 1 is 1.10 bits per heavy atom. The molecule has 0 radical (unpaired) electrons. The second-order valence-corrected chi connectivity index (χ2v) is 6.59. The Labute approximate surface area is 138 Å². The fraction of sp³-hybridized carbons (Fsp3) is 0.143. The van der Waals surface area contributed by atoms with Crippen LogP contribution in [0.2, 0.25) is 5.02 Å². The average Bonchev–Trinajstić information content (AvgIpc) is 2.40. The van der Waals surface area contributed by atoms with E-state index in [1.807, 2.05) is 12.1 Å². The second-order valence-electron chi connectivity index (χ2n) is 4.16. The van der Waals surface area contributed by atoms with Gasteiger partial charge in [0.1, 0.15) is 0 Å². The van der Waals surface area contributed by atoms with E-state index in [0.29, 0.717) is 11.6 Å². The van der Waals surface area contributed by atoms with Crippen LogP contribution in [-0.2, 0) is 6.54 Å². The molecule has 1 nitrogen and oxygen atoms in total. The van der Waals surface area contributed by atoms with Crippen LogP contribution in [0.4, 0.5) is 18.9 Å². The minimum atomic E-state index is -4.26. The van der Waals surface area contributed by atoms with E-state index in [1.165, 1.54) is 12.1 Å². The highest BCUT2D eigenvalue weighted by Crippen LogP contribution is 2.37. The molecule has 0 aliphatic heterocycles. The summed E-state index contributed by atoms with van der Waals surface area (Å²) < 4.78 is 37.6. The Hall–Kier alpha value is -0.850. The summed E-state index contributed by atoms with van der Waals surface area (Å²) in [6.45, 7) is 0.521. The summed E-state index contributed by atoms with van der Waals surface area (Å²) in [5.41, 5.74) is -2.55. The number of alkyl halides is 3. The topological polar surface area (TPSA) is 12.0 Å². The van der Waals surface area contributed by atoms with Gasteiger partial charge in [-0.2, -0.15) is 13.2 Å². The van der Waals surface area contributed by atoms with Gasteiger partial charge in [-0.25, -0.2) is 0 Å². The van der Waals surface area contributed by atoms with Crippen LogP contribution in [0.1, 0.15) is 5.56 Å². The zero-order valence-electron chi connectivity index (χ0n) is 10.5. The van der Waals surface area contributed by atoms with Gasteiger partial charge < -0.3 is 5.32 Å². The molecular weight excluding hydrogens is 387 g/mol. The van der Waals surface area contributed by atoms with Gasteiger partial charge in [-0.1, -0.05) is 27.5 Å². The van der Waals surface area contributed by atoms with Crippen LogP contribution in [0, 0.1) is 0 Å². The molecule has 2 rings (SSSR count). The van der Waals surface area contributed by atoms with Crippen LogP contribution in [0.5, 0.6) is 0 Å². The molecular formula is C14H10BrClF3NS. The van der Waals surface area contributed by atoms with Gasteiger partial charge in [0.2, 0.25) is 0 Å². The quantitative estimate of drug-likeness (QED) is 0.606. The van der Waals surface area contributed by atoms with E-state index in [4.69, 9.17) is 11.6 Å². The molecule has 2 aromatic rings. The third-order valence-corrected chi connectivity index (χ3v) is 4.33. The van der Waals surface area contributed by atoms with Gasteiger partial charge in [0, 0.05) is 26.6 Å². The van der Waals surface area contributed by atoms with Crippen molar-refractivity contribution in [2.75, 3.05) is 5.32 Å². The third-order valence-electron chi connectivity index (χ3n) is 2.58. The van der Waals surface area contributed by atoms with Crippen LogP contribution in [0.25, 0.3) is 0 Å². The highest BCUT2D eigenvalue weighted by atomic mass is 79.9. The fourth-order valence-electron chi connectivity index (χ4n) is 1.65. The zero-order chi connectivity index (χ0) is 15.5. The highest BCUT2D eigenvalue weighted by Gasteiger charge is 2.28. The summed E-state index contributed by atoms with van der Waals surface area (Å²) >= 11 is 9.22. The van der Waals surface area contributed by atoms with Crippen LogP contribution in [0.3, 0.4) is 0 Å². The largest absolute Gasteiger partial charge is 0.446 e. The Bertz CT molecular complexity index is 617. The molecule has 7 heteroatoms. The van der Waals surface area contributed by atoms with Crippen molar-refractivity contribution in [1.82, 2.24) is 0 Å². The molecule has 0 saturated carbocycles. The molecule has 0 fully saturated rings. The van der Waals surface area contributed by atoms with E-state index >= 15 is 0 Å². The first kappa shape index (κ1) is 16.5. The van der Waals surface area contributed by atoms with E-state index in [-0.39, 0.29) is 16.7 Å². The Morgan fingerprint density at radius 2 is 1.76 bits per heavy atom. The summed E-state index contributed by atoms with van der Waals surface area (Å²) in [6, 6.07) is 11.6. The normalized spacial score (nSPS) is 11.5. The van der Waals surface area contributed by atoms with Crippen LogP contribution < -0.4 is 5.32 Å². The van der Waals surface area contributed by atoms with Gasteiger partial charge in [-0.3, -0.25) is 0 Å². The zero-order valence-corrected chi connectivity index (χ0v) is 13.7. The van der Waals surface area contributed by atoms with E-state index in [1.54, 1.807) is 18.2 Å². The summed E-state index contributed by atoms with van der Waals surface area (Å²) in [5.74, 6) is 0. The maximum absolute atomic E-state index is 12.2. The molecule has 2 aromatic carbocycles. The molecule has 0 amide bonds. The molecule has 1 N–H and O–H groups in total. The number of benzene rings is 2.